The van der Waals surface area contributed by atoms with Crippen LogP contribution in [0.15, 0.2) is 142 Å². The van der Waals surface area contributed by atoms with E-state index in [1.807, 2.05) is 69.4 Å². The summed E-state index contributed by atoms with van der Waals surface area (Å²) in [5.74, 6) is -0.530. The van der Waals surface area contributed by atoms with Crippen molar-refractivity contribution in [2.24, 2.45) is 10.8 Å². The summed E-state index contributed by atoms with van der Waals surface area (Å²) < 4.78 is 5.77. The van der Waals surface area contributed by atoms with Gasteiger partial charge >= 0.3 is 5.97 Å². The number of carbonyl (C=O) groups excluding carboxylic acids is 3. The molecule has 346 valence electrons. The number of aliphatic hydroxyl groups is 1. The molecule has 2 aliphatic rings. The summed E-state index contributed by atoms with van der Waals surface area (Å²) in [6.07, 6.45) is 48.7. The molecule has 0 aromatic carbocycles. The number of hydrogen-bond donors (Lipinski definition) is 1. The van der Waals surface area contributed by atoms with E-state index in [9.17, 15) is 19.5 Å². The van der Waals surface area contributed by atoms with Crippen LogP contribution < -0.4 is 0 Å². The highest BCUT2D eigenvalue weighted by Gasteiger charge is 2.40. The fourth-order valence-electron chi connectivity index (χ4n) is 8.25. The van der Waals surface area contributed by atoms with Crippen LogP contribution in [0.1, 0.15) is 179 Å². The monoisotopic (exact) mass is 861 g/mol. The molecule has 5 nitrogen and oxygen atoms in total. The van der Waals surface area contributed by atoms with Gasteiger partial charge in [0.2, 0.25) is 0 Å². The highest BCUT2D eigenvalue weighted by Crippen LogP contribution is 2.41. The normalized spacial score (nSPS) is 20.8. The number of carbonyl (C=O) groups is 3. The summed E-state index contributed by atoms with van der Waals surface area (Å²) in [4.78, 5) is 38.4. The number of ether oxygens (including phenoxy) is 1. The van der Waals surface area contributed by atoms with E-state index in [1.54, 1.807) is 6.92 Å². The molecule has 2 atom stereocenters. The Balaban J connectivity index is 1.80. The number of rotatable bonds is 26. The van der Waals surface area contributed by atoms with E-state index in [0.717, 1.165) is 59.1 Å². The lowest BCUT2D eigenvalue weighted by Gasteiger charge is -2.36. The molecule has 63 heavy (non-hydrogen) atoms. The van der Waals surface area contributed by atoms with Crippen LogP contribution in [0.4, 0.5) is 0 Å². The Hall–Kier alpha value is -4.35. The standard InChI is InChI=1S/C58H84O5/c1-12-13-14-15-16-17-18-19-20-21-22-23-24-25-26-37-54(60)63-53-43-58(10,11)51(49(7)56(53)62)41-39-47(5)36-30-34-45(3)32-28-27-31-44(2)33-29-35-46(4)38-40-50-48(6)55(61)52(59)42-57(50,8)9/h19-20,27-36,38-41,52-53,59H,12-18,21-26,37,42-43H2,1-11H3/b20-19-,28-27+,33-29+,34-30+,40-38+,41-39+,44-31+,45-32+,46-35+,47-36+. The smallest absolute Gasteiger partial charge is 0.306 e. The van der Waals surface area contributed by atoms with Crippen molar-refractivity contribution in [3.63, 3.8) is 0 Å². The van der Waals surface area contributed by atoms with E-state index in [0.29, 0.717) is 30.4 Å². The van der Waals surface area contributed by atoms with Crippen LogP contribution in [0.2, 0.25) is 0 Å². The molecule has 5 heteroatoms. The van der Waals surface area contributed by atoms with Crippen molar-refractivity contribution in [3.05, 3.63) is 142 Å². The first kappa shape index (κ1) is 54.8. The molecule has 0 saturated heterocycles. The highest BCUT2D eigenvalue weighted by atomic mass is 16.5. The molecule has 0 aromatic heterocycles. The average molecular weight is 861 g/mol. The van der Waals surface area contributed by atoms with Gasteiger partial charge in [-0.3, -0.25) is 14.4 Å². The molecular formula is C58H84O5. The molecule has 0 radical (unpaired) electrons. The molecule has 1 N–H and O–H groups in total. The van der Waals surface area contributed by atoms with Crippen molar-refractivity contribution in [1.82, 2.24) is 0 Å². The second-order valence-electron chi connectivity index (χ2n) is 19.2. The van der Waals surface area contributed by atoms with Crippen molar-refractivity contribution < 1.29 is 24.2 Å². The maximum Gasteiger partial charge on any atom is 0.306 e. The number of esters is 1. The van der Waals surface area contributed by atoms with Crippen molar-refractivity contribution in [2.45, 2.75) is 191 Å². The largest absolute Gasteiger partial charge is 0.454 e. The molecule has 0 fully saturated rings. The molecule has 0 saturated carbocycles. The first-order chi connectivity index (χ1) is 29.9. The molecule has 2 aliphatic carbocycles. The van der Waals surface area contributed by atoms with E-state index in [2.05, 4.69) is 97.1 Å². The molecule has 0 spiro atoms. The summed E-state index contributed by atoms with van der Waals surface area (Å²) in [6.45, 7) is 22.5. The second kappa shape index (κ2) is 29.2. The van der Waals surface area contributed by atoms with E-state index in [4.69, 9.17) is 4.74 Å². The first-order valence-electron chi connectivity index (χ1n) is 24.0. The van der Waals surface area contributed by atoms with E-state index in [1.165, 1.54) is 57.8 Å². The number of ketones is 2. The highest BCUT2D eigenvalue weighted by molar-refractivity contribution is 6.02. The van der Waals surface area contributed by atoms with Crippen LogP contribution in [-0.4, -0.2) is 34.9 Å². The van der Waals surface area contributed by atoms with Gasteiger partial charge in [-0.2, -0.15) is 0 Å². The zero-order valence-electron chi connectivity index (χ0n) is 41.3. The molecule has 0 heterocycles. The van der Waals surface area contributed by atoms with Gasteiger partial charge in [0.05, 0.1) is 0 Å². The van der Waals surface area contributed by atoms with Gasteiger partial charge < -0.3 is 9.84 Å². The Kier molecular flexibility index (Phi) is 25.4. The maximum absolute atomic E-state index is 13.3. The van der Waals surface area contributed by atoms with E-state index < -0.39 is 12.2 Å². The lowest BCUT2D eigenvalue weighted by molar-refractivity contribution is -0.156. The van der Waals surface area contributed by atoms with E-state index in [-0.39, 0.29) is 28.4 Å². The van der Waals surface area contributed by atoms with Gasteiger partial charge in [0.25, 0.3) is 0 Å². The Morgan fingerprint density at radius 3 is 1.51 bits per heavy atom. The Morgan fingerprint density at radius 1 is 0.587 bits per heavy atom. The topological polar surface area (TPSA) is 80.7 Å². The molecule has 0 aromatic rings. The fraction of sp³-hybridized carbons (Fsp3) is 0.534. The third-order valence-corrected chi connectivity index (χ3v) is 12.2. The molecule has 0 aliphatic heterocycles. The van der Waals surface area contributed by atoms with Gasteiger partial charge in [-0.1, -0.05) is 205 Å². The van der Waals surface area contributed by atoms with Gasteiger partial charge in [-0.15, -0.1) is 0 Å². The number of Topliss-reactive ketones (excluding diaryl/α,β-unsaturated/α-hetero) is 2. The minimum absolute atomic E-state index is 0.0888. The van der Waals surface area contributed by atoms with Crippen LogP contribution in [0, 0.1) is 10.8 Å². The molecule has 2 rings (SSSR count). The average Bonchev–Trinajstić information content (AvgIpc) is 3.21. The van der Waals surface area contributed by atoms with Crippen molar-refractivity contribution >= 4 is 17.5 Å². The minimum Gasteiger partial charge on any atom is -0.454 e. The first-order valence-corrected chi connectivity index (χ1v) is 24.0. The third kappa shape index (κ3) is 21.3. The number of aliphatic hydroxyl groups excluding tert-OH is 1. The van der Waals surface area contributed by atoms with Crippen LogP contribution in [0.3, 0.4) is 0 Å². The number of hydrogen-bond acceptors (Lipinski definition) is 5. The Bertz CT molecular complexity index is 1890. The minimum atomic E-state index is -0.913. The van der Waals surface area contributed by atoms with Gasteiger partial charge in [0, 0.05) is 12.8 Å². The zero-order chi connectivity index (χ0) is 46.8. The lowest BCUT2D eigenvalue weighted by Crippen LogP contribution is -2.39. The van der Waals surface area contributed by atoms with Gasteiger partial charge in [-0.05, 0) is 113 Å². The van der Waals surface area contributed by atoms with Crippen LogP contribution in [-0.2, 0) is 19.1 Å². The Labute approximate surface area is 384 Å². The Morgan fingerprint density at radius 2 is 1.00 bits per heavy atom. The van der Waals surface area contributed by atoms with Crippen LogP contribution in [0.25, 0.3) is 0 Å². The number of unbranched alkanes of at least 4 members (excludes halogenated alkanes) is 11. The predicted octanol–water partition coefficient (Wildman–Crippen LogP) is 15.5. The summed E-state index contributed by atoms with van der Waals surface area (Å²) >= 11 is 0. The zero-order valence-corrected chi connectivity index (χ0v) is 41.3. The molecule has 0 bridgehead atoms. The van der Waals surface area contributed by atoms with Crippen molar-refractivity contribution in [1.29, 1.82) is 0 Å². The second-order valence-corrected chi connectivity index (χ2v) is 19.2. The van der Waals surface area contributed by atoms with Crippen LogP contribution >= 0.6 is 0 Å². The van der Waals surface area contributed by atoms with Crippen LogP contribution in [0.5, 0.6) is 0 Å². The number of allylic oxidation sites excluding steroid dienone is 22. The molecular weight excluding hydrogens is 777 g/mol. The summed E-state index contributed by atoms with van der Waals surface area (Å²) in [6, 6.07) is 0. The summed E-state index contributed by atoms with van der Waals surface area (Å²) in [5, 5.41) is 10.1. The summed E-state index contributed by atoms with van der Waals surface area (Å²) in [5.41, 5.74) is 7.10. The maximum atomic E-state index is 13.3. The SMILES string of the molecule is CCCCCCCC/C=C\CCCCCCCC(=O)OC1CC(C)(C)C(/C=C/C(C)=C/C=C/C(C)=C/C=C/C=C(C)/C=C/C=C(C)/C=C/C2=C(C)C(=O)C(O)CC2(C)C)=C(C)C1=O. The van der Waals surface area contributed by atoms with Crippen molar-refractivity contribution in [2.75, 3.05) is 0 Å². The quantitative estimate of drug-likeness (QED) is 0.0405. The van der Waals surface area contributed by atoms with Gasteiger partial charge in [-0.25, -0.2) is 0 Å². The predicted molar refractivity (Wildman–Crippen MR) is 268 cm³/mol. The molecule has 2 unspecified atom stereocenters. The van der Waals surface area contributed by atoms with Crippen molar-refractivity contribution in [3.8, 4) is 0 Å². The molecule has 0 amide bonds. The fourth-order valence-corrected chi connectivity index (χ4v) is 8.25. The van der Waals surface area contributed by atoms with E-state index >= 15 is 0 Å². The summed E-state index contributed by atoms with van der Waals surface area (Å²) in [7, 11) is 0. The van der Waals surface area contributed by atoms with Gasteiger partial charge in [0.1, 0.15) is 6.10 Å². The lowest BCUT2D eigenvalue weighted by atomic mass is 9.71. The third-order valence-electron chi connectivity index (χ3n) is 12.2. The van der Waals surface area contributed by atoms with Gasteiger partial charge in [0.15, 0.2) is 17.7 Å².